The number of benzene rings is 1. The van der Waals surface area contributed by atoms with Crippen molar-refractivity contribution < 1.29 is 9.53 Å². The molecule has 0 saturated carbocycles. The van der Waals surface area contributed by atoms with Crippen molar-refractivity contribution in [1.29, 1.82) is 0 Å². The van der Waals surface area contributed by atoms with Gasteiger partial charge in [-0.1, -0.05) is 18.2 Å². The number of nitrogens with zero attached hydrogens (tertiary/aromatic N) is 4. The summed E-state index contributed by atoms with van der Waals surface area (Å²) in [6.07, 6.45) is 4.74. The SMILES string of the molecule is CN=C(NCCCN1C(=O)COc2ccccc21)NC1CCN(c2ccccn2)CC1.I. The number of rotatable bonds is 6. The van der Waals surface area contributed by atoms with Crippen molar-refractivity contribution in [2.24, 2.45) is 4.99 Å². The minimum absolute atomic E-state index is 0. The molecule has 0 radical (unpaired) electrons. The number of nitrogens with one attached hydrogen (secondary N) is 2. The number of aromatic nitrogens is 1. The molecule has 0 atom stereocenters. The maximum absolute atomic E-state index is 12.3. The first-order valence-corrected chi connectivity index (χ1v) is 10.9. The molecule has 1 aromatic heterocycles. The summed E-state index contributed by atoms with van der Waals surface area (Å²) < 4.78 is 5.50. The summed E-state index contributed by atoms with van der Waals surface area (Å²) in [5, 5.41) is 6.91. The van der Waals surface area contributed by atoms with E-state index < -0.39 is 0 Å². The monoisotopic (exact) mass is 550 g/mol. The van der Waals surface area contributed by atoms with Crippen LogP contribution in [0.1, 0.15) is 19.3 Å². The van der Waals surface area contributed by atoms with Gasteiger partial charge in [0.15, 0.2) is 12.6 Å². The molecule has 0 bridgehead atoms. The Labute approximate surface area is 206 Å². The van der Waals surface area contributed by atoms with Crippen molar-refractivity contribution in [3.05, 3.63) is 48.7 Å². The second kappa shape index (κ2) is 11.9. The van der Waals surface area contributed by atoms with E-state index in [1.165, 1.54) is 0 Å². The van der Waals surface area contributed by atoms with Crippen LogP contribution < -0.4 is 25.2 Å². The zero-order valence-electron chi connectivity index (χ0n) is 18.4. The molecule has 2 N–H and O–H groups in total. The van der Waals surface area contributed by atoms with Crippen LogP contribution in [0.15, 0.2) is 53.7 Å². The van der Waals surface area contributed by atoms with Crippen LogP contribution in [0.2, 0.25) is 0 Å². The summed E-state index contributed by atoms with van der Waals surface area (Å²) in [7, 11) is 1.79. The number of ether oxygens (including phenoxy) is 1. The van der Waals surface area contributed by atoms with Gasteiger partial charge in [-0.15, -0.1) is 24.0 Å². The number of anilines is 2. The molecule has 3 heterocycles. The number of fused-ring (bicyclic) bond motifs is 1. The lowest BCUT2D eigenvalue weighted by Crippen LogP contribution is -2.49. The van der Waals surface area contributed by atoms with Crippen LogP contribution in [0.4, 0.5) is 11.5 Å². The summed E-state index contributed by atoms with van der Waals surface area (Å²) in [6.45, 7) is 3.43. The van der Waals surface area contributed by atoms with E-state index in [0.29, 0.717) is 12.6 Å². The van der Waals surface area contributed by atoms with E-state index in [-0.39, 0.29) is 36.5 Å². The normalized spacial score (nSPS) is 16.7. The van der Waals surface area contributed by atoms with Gasteiger partial charge in [-0.2, -0.15) is 0 Å². The lowest BCUT2D eigenvalue weighted by atomic mass is 10.1. The van der Waals surface area contributed by atoms with Gasteiger partial charge in [0.1, 0.15) is 11.6 Å². The van der Waals surface area contributed by atoms with Crippen molar-refractivity contribution in [1.82, 2.24) is 15.6 Å². The van der Waals surface area contributed by atoms with E-state index in [9.17, 15) is 4.79 Å². The number of carbonyl (C=O) groups is 1. The summed E-state index contributed by atoms with van der Waals surface area (Å²) in [5.41, 5.74) is 0.848. The molecular weight excluding hydrogens is 519 g/mol. The van der Waals surface area contributed by atoms with Crippen molar-refractivity contribution in [3.8, 4) is 5.75 Å². The van der Waals surface area contributed by atoms with Crippen LogP contribution >= 0.6 is 24.0 Å². The van der Waals surface area contributed by atoms with Crippen LogP contribution in [0, 0.1) is 0 Å². The van der Waals surface area contributed by atoms with Crippen molar-refractivity contribution in [3.63, 3.8) is 0 Å². The Hall–Kier alpha value is -2.56. The quantitative estimate of drug-likeness (QED) is 0.249. The van der Waals surface area contributed by atoms with Gasteiger partial charge < -0.3 is 25.2 Å². The highest BCUT2D eigenvalue weighted by atomic mass is 127. The molecule has 4 rings (SSSR count). The molecule has 1 aromatic carbocycles. The third-order valence-corrected chi connectivity index (χ3v) is 5.69. The van der Waals surface area contributed by atoms with E-state index in [1.807, 2.05) is 47.5 Å². The third kappa shape index (κ3) is 6.02. The first-order valence-electron chi connectivity index (χ1n) is 10.9. The Bertz CT molecular complexity index is 902. The average molecular weight is 550 g/mol. The van der Waals surface area contributed by atoms with Crippen LogP contribution in [0.5, 0.6) is 5.75 Å². The topological polar surface area (TPSA) is 82.1 Å². The van der Waals surface area contributed by atoms with Gasteiger partial charge >= 0.3 is 0 Å². The molecule has 0 spiro atoms. The summed E-state index contributed by atoms with van der Waals surface area (Å²) in [6, 6.07) is 14.1. The first kappa shape index (κ1) is 24.1. The van der Waals surface area contributed by atoms with E-state index in [0.717, 1.165) is 62.1 Å². The number of pyridine rings is 1. The van der Waals surface area contributed by atoms with Crippen molar-refractivity contribution in [2.45, 2.75) is 25.3 Å². The van der Waals surface area contributed by atoms with Gasteiger partial charge in [0.2, 0.25) is 0 Å². The summed E-state index contributed by atoms with van der Waals surface area (Å²) >= 11 is 0. The zero-order chi connectivity index (χ0) is 21.5. The lowest BCUT2D eigenvalue weighted by molar-refractivity contribution is -0.121. The first-order chi connectivity index (χ1) is 15.2. The number of hydrogen-bond donors (Lipinski definition) is 2. The molecule has 1 amide bonds. The fourth-order valence-electron chi connectivity index (χ4n) is 4.02. The van der Waals surface area contributed by atoms with E-state index in [4.69, 9.17) is 4.74 Å². The average Bonchev–Trinajstić information content (AvgIpc) is 2.83. The number of piperidine rings is 1. The van der Waals surface area contributed by atoms with Gasteiger partial charge in [0, 0.05) is 45.5 Å². The number of aliphatic imine (C=N–C) groups is 1. The standard InChI is InChI=1S/C23H30N6O2.HI/c1-24-23(27-18-10-15-28(16-11-18)21-9-4-5-12-25-21)26-13-6-14-29-19-7-2-3-8-20(19)31-17-22(29)30;/h2-5,7-9,12,18H,6,10-11,13-17H2,1H3,(H2,24,26,27);1H. The molecule has 0 aliphatic carbocycles. The van der Waals surface area contributed by atoms with Crippen LogP contribution in [0.25, 0.3) is 0 Å². The molecule has 172 valence electrons. The third-order valence-electron chi connectivity index (χ3n) is 5.69. The Kier molecular flexibility index (Phi) is 8.95. The van der Waals surface area contributed by atoms with Gasteiger partial charge in [0.05, 0.1) is 5.69 Å². The van der Waals surface area contributed by atoms with Gasteiger partial charge in [-0.05, 0) is 43.5 Å². The maximum atomic E-state index is 12.3. The van der Waals surface area contributed by atoms with Gasteiger partial charge in [-0.3, -0.25) is 9.79 Å². The number of carbonyl (C=O) groups excluding carboxylic acids is 1. The molecule has 8 nitrogen and oxygen atoms in total. The Morgan fingerprint density at radius 3 is 2.72 bits per heavy atom. The lowest BCUT2D eigenvalue weighted by Gasteiger charge is -2.33. The predicted molar refractivity (Wildman–Crippen MR) is 138 cm³/mol. The summed E-state index contributed by atoms with van der Waals surface area (Å²) in [4.78, 5) is 25.2. The second-order valence-corrected chi connectivity index (χ2v) is 7.75. The van der Waals surface area contributed by atoms with Crippen molar-refractivity contribution in [2.75, 3.05) is 49.6 Å². The molecule has 1 fully saturated rings. The molecule has 2 aromatic rings. The molecule has 0 unspecified atom stereocenters. The summed E-state index contributed by atoms with van der Waals surface area (Å²) in [5.74, 6) is 2.62. The largest absolute Gasteiger partial charge is 0.482 e. The number of hydrogen-bond acceptors (Lipinski definition) is 5. The van der Waals surface area contributed by atoms with Gasteiger partial charge in [0.25, 0.3) is 5.91 Å². The molecule has 1 saturated heterocycles. The number of para-hydroxylation sites is 2. The second-order valence-electron chi connectivity index (χ2n) is 7.75. The molecule has 2 aliphatic heterocycles. The zero-order valence-corrected chi connectivity index (χ0v) is 20.7. The highest BCUT2D eigenvalue weighted by Crippen LogP contribution is 2.31. The highest BCUT2D eigenvalue weighted by molar-refractivity contribution is 14.0. The Morgan fingerprint density at radius 1 is 1.19 bits per heavy atom. The van der Waals surface area contributed by atoms with Crippen LogP contribution in [-0.2, 0) is 4.79 Å². The smallest absolute Gasteiger partial charge is 0.265 e. The fourth-order valence-corrected chi connectivity index (χ4v) is 4.02. The molecule has 32 heavy (non-hydrogen) atoms. The fraction of sp³-hybridized carbons (Fsp3) is 0.435. The minimum Gasteiger partial charge on any atom is -0.482 e. The van der Waals surface area contributed by atoms with Crippen molar-refractivity contribution >= 4 is 47.3 Å². The Morgan fingerprint density at radius 2 is 1.97 bits per heavy atom. The van der Waals surface area contributed by atoms with E-state index in [1.54, 1.807) is 7.05 Å². The number of guanidine groups is 1. The molecule has 2 aliphatic rings. The van der Waals surface area contributed by atoms with Crippen LogP contribution in [-0.4, -0.2) is 62.7 Å². The van der Waals surface area contributed by atoms with E-state index >= 15 is 0 Å². The molecule has 9 heteroatoms. The van der Waals surface area contributed by atoms with Gasteiger partial charge in [-0.25, -0.2) is 4.98 Å². The highest BCUT2D eigenvalue weighted by Gasteiger charge is 2.24. The predicted octanol–water partition coefficient (Wildman–Crippen LogP) is 2.65. The van der Waals surface area contributed by atoms with Crippen LogP contribution in [0.3, 0.4) is 0 Å². The molecular formula is C23H31IN6O2. The number of halogens is 1. The minimum atomic E-state index is 0. The Balaban J connectivity index is 0.00000289. The van der Waals surface area contributed by atoms with E-state index in [2.05, 4.69) is 31.6 Å². The maximum Gasteiger partial charge on any atom is 0.265 e. The number of amides is 1.